The van der Waals surface area contributed by atoms with Crippen LogP contribution in [0.1, 0.15) is 26.3 Å². The fourth-order valence-corrected chi connectivity index (χ4v) is 2.85. The normalized spacial score (nSPS) is 15.6. The predicted molar refractivity (Wildman–Crippen MR) is 95.5 cm³/mol. The summed E-state index contributed by atoms with van der Waals surface area (Å²) in [6.07, 6.45) is 0.903. The number of amides is 1. The molecular formula is C19H30N2O3. The lowest BCUT2D eigenvalue weighted by Crippen LogP contribution is -2.49. The van der Waals surface area contributed by atoms with Crippen molar-refractivity contribution < 1.29 is 14.3 Å². The number of rotatable bonds is 7. The zero-order valence-electron chi connectivity index (χ0n) is 15.2. The topological polar surface area (TPSA) is 42.0 Å². The smallest absolute Gasteiger partial charge is 0.409 e. The molecule has 0 atom stereocenters. The molecule has 1 aromatic carbocycles. The lowest BCUT2D eigenvalue weighted by atomic mass is 10.0. The van der Waals surface area contributed by atoms with Crippen LogP contribution in [-0.2, 0) is 11.2 Å². The molecule has 2 rings (SSSR count). The Labute approximate surface area is 145 Å². The van der Waals surface area contributed by atoms with Crippen LogP contribution in [0.15, 0.2) is 24.3 Å². The Morgan fingerprint density at radius 3 is 2.38 bits per heavy atom. The van der Waals surface area contributed by atoms with Crippen molar-refractivity contribution in [2.24, 2.45) is 5.92 Å². The molecule has 1 aliphatic heterocycles. The van der Waals surface area contributed by atoms with Crippen LogP contribution in [0, 0.1) is 5.92 Å². The summed E-state index contributed by atoms with van der Waals surface area (Å²) >= 11 is 0. The second-order valence-electron chi connectivity index (χ2n) is 6.62. The van der Waals surface area contributed by atoms with Crippen molar-refractivity contribution in [3.63, 3.8) is 0 Å². The van der Waals surface area contributed by atoms with Gasteiger partial charge in [0, 0.05) is 32.7 Å². The first-order valence-corrected chi connectivity index (χ1v) is 8.94. The first-order chi connectivity index (χ1) is 11.6. The first kappa shape index (κ1) is 18.6. The summed E-state index contributed by atoms with van der Waals surface area (Å²) in [5.41, 5.74) is 1.35. The average Bonchev–Trinajstić information content (AvgIpc) is 2.57. The van der Waals surface area contributed by atoms with Crippen molar-refractivity contribution in [2.75, 3.05) is 45.9 Å². The van der Waals surface area contributed by atoms with E-state index in [2.05, 4.69) is 43.0 Å². The largest absolute Gasteiger partial charge is 0.492 e. The van der Waals surface area contributed by atoms with Crippen LogP contribution in [0.3, 0.4) is 0 Å². The zero-order valence-corrected chi connectivity index (χ0v) is 15.2. The highest BCUT2D eigenvalue weighted by Crippen LogP contribution is 2.15. The molecule has 0 N–H and O–H groups in total. The van der Waals surface area contributed by atoms with E-state index in [1.165, 1.54) is 5.56 Å². The highest BCUT2D eigenvalue weighted by molar-refractivity contribution is 5.67. The van der Waals surface area contributed by atoms with Crippen molar-refractivity contribution in [3.05, 3.63) is 29.8 Å². The van der Waals surface area contributed by atoms with Gasteiger partial charge in [-0.3, -0.25) is 4.90 Å². The molecule has 5 heteroatoms. The Hall–Kier alpha value is -1.75. The third kappa shape index (κ3) is 6.04. The van der Waals surface area contributed by atoms with Gasteiger partial charge < -0.3 is 14.4 Å². The molecule has 0 aliphatic carbocycles. The second-order valence-corrected chi connectivity index (χ2v) is 6.62. The molecule has 0 radical (unpaired) electrons. The molecule has 1 amide bonds. The minimum atomic E-state index is -0.199. The van der Waals surface area contributed by atoms with E-state index >= 15 is 0 Å². The van der Waals surface area contributed by atoms with Gasteiger partial charge in [0.05, 0.1) is 6.61 Å². The summed E-state index contributed by atoms with van der Waals surface area (Å²) in [5.74, 6) is 1.60. The van der Waals surface area contributed by atoms with E-state index in [4.69, 9.17) is 9.47 Å². The third-order valence-corrected chi connectivity index (χ3v) is 4.14. The van der Waals surface area contributed by atoms with Crippen molar-refractivity contribution in [1.29, 1.82) is 0 Å². The molecule has 1 saturated heterocycles. The number of piperazine rings is 1. The maximum atomic E-state index is 11.7. The monoisotopic (exact) mass is 334 g/mol. The molecule has 1 heterocycles. The van der Waals surface area contributed by atoms with Crippen LogP contribution in [0.25, 0.3) is 0 Å². The number of hydrogen-bond donors (Lipinski definition) is 0. The Bertz CT molecular complexity index is 494. The lowest BCUT2D eigenvalue weighted by Gasteiger charge is -2.33. The van der Waals surface area contributed by atoms with Crippen LogP contribution in [-0.4, -0.2) is 61.8 Å². The molecule has 0 unspecified atom stereocenters. The van der Waals surface area contributed by atoms with E-state index in [9.17, 15) is 4.79 Å². The molecule has 5 nitrogen and oxygen atoms in total. The van der Waals surface area contributed by atoms with Crippen LogP contribution in [0.4, 0.5) is 4.79 Å². The molecule has 0 bridgehead atoms. The van der Waals surface area contributed by atoms with Crippen LogP contribution in [0.5, 0.6) is 5.75 Å². The average molecular weight is 334 g/mol. The molecule has 0 spiro atoms. The van der Waals surface area contributed by atoms with E-state index in [1.54, 1.807) is 4.90 Å². The van der Waals surface area contributed by atoms with Gasteiger partial charge in [-0.2, -0.15) is 0 Å². The molecule has 1 aromatic rings. The fraction of sp³-hybridized carbons (Fsp3) is 0.632. The molecule has 1 aliphatic rings. The Balaban J connectivity index is 1.65. The van der Waals surface area contributed by atoms with Crippen molar-refractivity contribution in [1.82, 2.24) is 9.80 Å². The minimum Gasteiger partial charge on any atom is -0.492 e. The summed E-state index contributed by atoms with van der Waals surface area (Å²) in [6.45, 7) is 11.5. The van der Waals surface area contributed by atoms with Crippen molar-refractivity contribution in [3.8, 4) is 5.75 Å². The number of carbonyl (C=O) groups is 1. The van der Waals surface area contributed by atoms with E-state index in [0.29, 0.717) is 19.1 Å². The van der Waals surface area contributed by atoms with Gasteiger partial charge >= 0.3 is 6.09 Å². The summed E-state index contributed by atoms with van der Waals surface area (Å²) in [6, 6.07) is 8.40. The lowest BCUT2D eigenvalue weighted by molar-refractivity contribution is 0.0757. The standard InChI is InChI=1S/C19H30N2O3/c1-4-23-19(22)21-11-9-20(10-12-21)13-14-24-18-7-5-17(6-8-18)15-16(2)3/h5-8,16H,4,9-15H2,1-3H3. The fourth-order valence-electron chi connectivity index (χ4n) is 2.85. The maximum Gasteiger partial charge on any atom is 0.409 e. The zero-order chi connectivity index (χ0) is 17.4. The number of nitrogens with zero attached hydrogens (tertiary/aromatic N) is 2. The van der Waals surface area contributed by atoms with Crippen LogP contribution >= 0.6 is 0 Å². The molecule has 0 aromatic heterocycles. The summed E-state index contributed by atoms with van der Waals surface area (Å²) < 4.78 is 10.9. The van der Waals surface area contributed by atoms with E-state index in [0.717, 1.165) is 44.9 Å². The predicted octanol–water partition coefficient (Wildman–Crippen LogP) is 3.04. The quantitative estimate of drug-likeness (QED) is 0.769. The van der Waals surface area contributed by atoms with Gasteiger partial charge in [-0.15, -0.1) is 0 Å². The van der Waals surface area contributed by atoms with Crippen molar-refractivity contribution >= 4 is 6.09 Å². The van der Waals surface area contributed by atoms with E-state index in [1.807, 2.05) is 6.92 Å². The SMILES string of the molecule is CCOC(=O)N1CCN(CCOc2ccc(CC(C)C)cc2)CC1. The molecular weight excluding hydrogens is 304 g/mol. The molecule has 134 valence electrons. The Morgan fingerprint density at radius 1 is 1.12 bits per heavy atom. The number of carbonyl (C=O) groups excluding carboxylic acids is 1. The van der Waals surface area contributed by atoms with E-state index in [-0.39, 0.29) is 6.09 Å². The number of ether oxygens (including phenoxy) is 2. The van der Waals surface area contributed by atoms with Crippen molar-refractivity contribution in [2.45, 2.75) is 27.2 Å². The van der Waals surface area contributed by atoms with Gasteiger partial charge in [-0.1, -0.05) is 26.0 Å². The third-order valence-electron chi connectivity index (χ3n) is 4.14. The summed E-state index contributed by atoms with van der Waals surface area (Å²) in [5, 5.41) is 0. The first-order valence-electron chi connectivity index (χ1n) is 8.94. The molecule has 0 saturated carbocycles. The van der Waals surface area contributed by atoms with Gasteiger partial charge in [0.2, 0.25) is 0 Å². The maximum absolute atomic E-state index is 11.7. The van der Waals surface area contributed by atoms with Gasteiger partial charge in [0.25, 0.3) is 0 Å². The second kappa shape index (κ2) is 9.52. The highest BCUT2D eigenvalue weighted by atomic mass is 16.6. The van der Waals surface area contributed by atoms with Gasteiger partial charge in [-0.25, -0.2) is 4.79 Å². The number of hydrogen-bond acceptors (Lipinski definition) is 4. The summed E-state index contributed by atoms with van der Waals surface area (Å²) in [7, 11) is 0. The minimum absolute atomic E-state index is 0.199. The Morgan fingerprint density at radius 2 is 1.79 bits per heavy atom. The molecule has 24 heavy (non-hydrogen) atoms. The highest BCUT2D eigenvalue weighted by Gasteiger charge is 2.21. The van der Waals surface area contributed by atoms with Gasteiger partial charge in [0.15, 0.2) is 0 Å². The summed E-state index contributed by atoms with van der Waals surface area (Å²) in [4.78, 5) is 15.8. The molecule has 1 fully saturated rings. The van der Waals surface area contributed by atoms with Crippen LogP contribution < -0.4 is 4.74 Å². The Kier molecular flexibility index (Phi) is 7.37. The number of benzene rings is 1. The van der Waals surface area contributed by atoms with E-state index < -0.39 is 0 Å². The van der Waals surface area contributed by atoms with Gasteiger partial charge in [-0.05, 0) is 37.0 Å². The van der Waals surface area contributed by atoms with Crippen LogP contribution in [0.2, 0.25) is 0 Å². The van der Waals surface area contributed by atoms with Gasteiger partial charge in [0.1, 0.15) is 12.4 Å².